The molecular weight excluding hydrogens is 356 g/mol. The number of hydrogen-bond acceptors (Lipinski definition) is 5. The first-order chi connectivity index (χ1) is 13.6. The molecule has 1 amide bonds. The number of nitrogens with two attached hydrogens (primary N) is 2. The van der Waals surface area contributed by atoms with Crippen molar-refractivity contribution in [2.24, 2.45) is 11.5 Å². The van der Waals surface area contributed by atoms with Crippen LogP contribution in [0.15, 0.2) is 36.8 Å². The van der Waals surface area contributed by atoms with Crippen molar-refractivity contribution >= 4 is 5.91 Å². The molecule has 154 valence electrons. The van der Waals surface area contributed by atoms with Crippen LogP contribution in [0.1, 0.15) is 54.6 Å². The lowest BCUT2D eigenvalue weighted by Crippen LogP contribution is -2.15. The van der Waals surface area contributed by atoms with Gasteiger partial charge in [-0.25, -0.2) is 4.98 Å². The van der Waals surface area contributed by atoms with E-state index in [1.807, 2.05) is 18.2 Å². The van der Waals surface area contributed by atoms with Crippen molar-refractivity contribution in [2.45, 2.75) is 57.6 Å². The average molecular weight is 389 g/mol. The third kappa shape index (κ3) is 7.70. The highest BCUT2D eigenvalue weighted by molar-refractivity contribution is 5.90. The number of carbonyl (C=O) groups is 1. The lowest BCUT2D eigenvalue weighted by Gasteiger charge is -2.13. The van der Waals surface area contributed by atoms with Gasteiger partial charge in [-0.1, -0.05) is 31.0 Å². The summed E-state index contributed by atoms with van der Waals surface area (Å²) in [6.07, 6.45) is 9.29. The molecule has 0 fully saturated rings. The van der Waals surface area contributed by atoms with Crippen LogP contribution in [0.2, 0.25) is 0 Å². The number of aliphatic hydroxyl groups is 1. The first kappa shape index (κ1) is 21.9. The number of benzene rings is 1. The quantitative estimate of drug-likeness (QED) is 0.429. The summed E-state index contributed by atoms with van der Waals surface area (Å²) in [6, 6.07) is 8.07. The predicted octanol–water partition coefficient (Wildman–Crippen LogP) is 2.26. The first-order valence-electron chi connectivity index (χ1n) is 10.0. The Morgan fingerprint density at radius 3 is 2.71 bits per heavy atom. The van der Waals surface area contributed by atoms with Gasteiger partial charge in [-0.3, -0.25) is 4.79 Å². The molecule has 0 bridgehead atoms. The zero-order valence-electron chi connectivity index (χ0n) is 16.4. The highest BCUT2D eigenvalue weighted by Crippen LogP contribution is 2.21. The molecule has 0 aliphatic heterocycles. The van der Waals surface area contributed by atoms with Crippen LogP contribution in [-0.2, 0) is 13.0 Å². The van der Waals surface area contributed by atoms with E-state index in [2.05, 4.69) is 11.1 Å². The van der Waals surface area contributed by atoms with Crippen LogP contribution >= 0.6 is 0 Å². The predicted molar refractivity (Wildman–Crippen MR) is 109 cm³/mol. The summed E-state index contributed by atoms with van der Waals surface area (Å²) in [4.78, 5) is 15.0. The topological polar surface area (TPSA) is 116 Å². The average Bonchev–Trinajstić information content (AvgIpc) is 3.14. The molecule has 5 N–H and O–H groups in total. The lowest BCUT2D eigenvalue weighted by atomic mass is 10.0. The van der Waals surface area contributed by atoms with Crippen molar-refractivity contribution in [3.63, 3.8) is 0 Å². The first-order valence-corrected chi connectivity index (χ1v) is 10.0. The molecule has 0 saturated heterocycles. The van der Waals surface area contributed by atoms with E-state index in [-0.39, 0.29) is 5.69 Å². The summed E-state index contributed by atoms with van der Waals surface area (Å²) in [5.41, 5.74) is 12.1. The fourth-order valence-corrected chi connectivity index (χ4v) is 3.08. The molecule has 1 aromatic heterocycles. The van der Waals surface area contributed by atoms with E-state index in [0.717, 1.165) is 56.4 Å². The molecule has 1 heterocycles. The fraction of sp³-hybridized carbons (Fsp3) is 0.524. The zero-order valence-corrected chi connectivity index (χ0v) is 16.4. The molecule has 0 saturated carbocycles. The third-order valence-corrected chi connectivity index (χ3v) is 4.62. The van der Waals surface area contributed by atoms with Gasteiger partial charge < -0.3 is 25.9 Å². The minimum absolute atomic E-state index is 0.210. The SMILES string of the molecule is NCCCCCCOc1ccccc1CCCC(O)Cn1cnc(C(N)=O)c1. The van der Waals surface area contributed by atoms with Crippen molar-refractivity contribution in [2.75, 3.05) is 13.2 Å². The van der Waals surface area contributed by atoms with Crippen molar-refractivity contribution in [3.05, 3.63) is 48.0 Å². The number of nitrogens with zero attached hydrogens (tertiary/aromatic N) is 2. The number of imidazole rings is 1. The van der Waals surface area contributed by atoms with Crippen molar-refractivity contribution in [3.8, 4) is 5.75 Å². The van der Waals surface area contributed by atoms with Gasteiger partial charge in [0, 0.05) is 12.7 Å². The number of amides is 1. The van der Waals surface area contributed by atoms with E-state index in [1.165, 1.54) is 6.33 Å². The van der Waals surface area contributed by atoms with E-state index in [4.69, 9.17) is 16.2 Å². The molecule has 1 unspecified atom stereocenters. The van der Waals surface area contributed by atoms with Crippen molar-refractivity contribution in [1.29, 1.82) is 0 Å². The van der Waals surface area contributed by atoms with E-state index < -0.39 is 12.0 Å². The lowest BCUT2D eigenvalue weighted by molar-refractivity contribution is 0.0995. The number of aryl methyl sites for hydroxylation is 1. The Balaban J connectivity index is 1.72. The van der Waals surface area contributed by atoms with Gasteiger partial charge in [0.15, 0.2) is 0 Å². The molecule has 0 aliphatic rings. The minimum atomic E-state index is -0.566. The van der Waals surface area contributed by atoms with Crippen molar-refractivity contribution in [1.82, 2.24) is 9.55 Å². The second-order valence-electron chi connectivity index (χ2n) is 7.03. The maximum atomic E-state index is 11.1. The van der Waals surface area contributed by atoms with Gasteiger partial charge in [0.1, 0.15) is 11.4 Å². The van der Waals surface area contributed by atoms with Crippen LogP contribution in [-0.4, -0.2) is 39.8 Å². The smallest absolute Gasteiger partial charge is 0.268 e. The molecule has 2 aromatic rings. The van der Waals surface area contributed by atoms with Crippen LogP contribution in [0.5, 0.6) is 5.75 Å². The standard InChI is InChI=1S/C21H32N4O3/c22-12-5-1-2-6-13-28-20-11-4-3-8-17(20)9-7-10-18(26)14-25-15-19(21(23)27)24-16-25/h3-4,8,11,15-16,18,26H,1-2,5-7,9-10,12-14,22H2,(H2,23,27). The minimum Gasteiger partial charge on any atom is -0.493 e. The summed E-state index contributed by atoms with van der Waals surface area (Å²) in [5, 5.41) is 10.2. The van der Waals surface area contributed by atoms with Gasteiger partial charge in [-0.05, 0) is 50.3 Å². The summed E-state index contributed by atoms with van der Waals surface area (Å²) >= 11 is 0. The second-order valence-corrected chi connectivity index (χ2v) is 7.03. The summed E-state index contributed by atoms with van der Waals surface area (Å²) in [6.45, 7) is 1.86. The van der Waals surface area contributed by atoms with E-state index in [0.29, 0.717) is 19.6 Å². The molecular formula is C21H32N4O3. The number of unbranched alkanes of at least 4 members (excludes halogenated alkanes) is 3. The Labute approximate surface area is 166 Å². The van der Waals surface area contributed by atoms with Gasteiger partial charge in [0.2, 0.25) is 0 Å². The van der Waals surface area contributed by atoms with E-state index in [9.17, 15) is 9.90 Å². The Hall–Kier alpha value is -2.38. The normalized spacial score (nSPS) is 12.1. The monoisotopic (exact) mass is 388 g/mol. The summed E-state index contributed by atoms with van der Waals surface area (Å²) in [7, 11) is 0. The van der Waals surface area contributed by atoms with Crippen LogP contribution < -0.4 is 16.2 Å². The second kappa shape index (κ2) is 12.2. The van der Waals surface area contributed by atoms with E-state index in [1.54, 1.807) is 10.8 Å². The Morgan fingerprint density at radius 1 is 1.18 bits per heavy atom. The van der Waals surface area contributed by atoms with E-state index >= 15 is 0 Å². The molecule has 28 heavy (non-hydrogen) atoms. The molecule has 0 radical (unpaired) electrons. The third-order valence-electron chi connectivity index (χ3n) is 4.62. The van der Waals surface area contributed by atoms with Gasteiger partial charge in [-0.15, -0.1) is 0 Å². The largest absolute Gasteiger partial charge is 0.493 e. The number of rotatable bonds is 14. The number of primary amides is 1. The molecule has 1 atom stereocenters. The van der Waals surface area contributed by atoms with Gasteiger partial charge >= 0.3 is 0 Å². The molecule has 7 nitrogen and oxygen atoms in total. The number of ether oxygens (including phenoxy) is 1. The fourth-order valence-electron chi connectivity index (χ4n) is 3.08. The molecule has 1 aromatic carbocycles. The number of para-hydroxylation sites is 1. The zero-order chi connectivity index (χ0) is 20.2. The number of carbonyl (C=O) groups excluding carboxylic acids is 1. The Bertz CT molecular complexity index is 717. The molecule has 2 rings (SSSR count). The Kier molecular flexibility index (Phi) is 9.51. The maximum Gasteiger partial charge on any atom is 0.268 e. The Morgan fingerprint density at radius 2 is 1.96 bits per heavy atom. The van der Waals surface area contributed by atoms with Crippen LogP contribution in [0, 0.1) is 0 Å². The highest BCUT2D eigenvalue weighted by atomic mass is 16.5. The maximum absolute atomic E-state index is 11.1. The van der Waals surface area contributed by atoms with Crippen LogP contribution in [0.25, 0.3) is 0 Å². The number of aliphatic hydroxyl groups excluding tert-OH is 1. The molecule has 0 spiro atoms. The number of hydrogen-bond donors (Lipinski definition) is 3. The molecule has 7 heteroatoms. The van der Waals surface area contributed by atoms with Gasteiger partial charge in [0.25, 0.3) is 5.91 Å². The molecule has 0 aliphatic carbocycles. The van der Waals surface area contributed by atoms with Gasteiger partial charge in [0.05, 0.1) is 19.0 Å². The van der Waals surface area contributed by atoms with Gasteiger partial charge in [-0.2, -0.15) is 0 Å². The summed E-state index contributed by atoms with van der Waals surface area (Å²) < 4.78 is 7.63. The van der Waals surface area contributed by atoms with Crippen LogP contribution in [0.4, 0.5) is 0 Å². The summed E-state index contributed by atoms with van der Waals surface area (Å²) in [5.74, 6) is 0.362. The van der Waals surface area contributed by atoms with Crippen molar-refractivity contribution < 1.29 is 14.6 Å². The highest BCUT2D eigenvalue weighted by Gasteiger charge is 2.10. The number of aromatic nitrogens is 2. The van der Waals surface area contributed by atoms with Crippen LogP contribution in [0.3, 0.4) is 0 Å².